The number of alkyl halides is 2. The van der Waals surface area contributed by atoms with Crippen molar-refractivity contribution in [2.45, 2.75) is 38.7 Å². The number of hydrogen-bond donors (Lipinski definition) is 2. The molecule has 5 aromatic rings. The highest BCUT2D eigenvalue weighted by atomic mass is 35.5. The van der Waals surface area contributed by atoms with Gasteiger partial charge in [-0.3, -0.25) is 23.6 Å². The van der Waals surface area contributed by atoms with Crippen molar-refractivity contribution in [1.82, 2.24) is 28.9 Å². The van der Waals surface area contributed by atoms with E-state index >= 15 is 0 Å². The Labute approximate surface area is 321 Å². The van der Waals surface area contributed by atoms with Crippen LogP contribution < -0.4 is 21.3 Å². The third-order valence-electron chi connectivity index (χ3n) is 11.0. The third-order valence-corrected chi connectivity index (χ3v) is 11.4. The molecule has 1 unspecified atom stereocenters. The van der Waals surface area contributed by atoms with Gasteiger partial charge in [0.15, 0.2) is 0 Å². The van der Waals surface area contributed by atoms with Crippen molar-refractivity contribution in [3.63, 3.8) is 0 Å². The molecule has 1 saturated heterocycles. The van der Waals surface area contributed by atoms with E-state index in [0.717, 1.165) is 76.2 Å². The van der Waals surface area contributed by atoms with Gasteiger partial charge in [-0.2, -0.15) is 0 Å². The van der Waals surface area contributed by atoms with Crippen molar-refractivity contribution >= 4 is 40.4 Å². The molecule has 3 aromatic heterocycles. The summed E-state index contributed by atoms with van der Waals surface area (Å²) in [6, 6.07) is 14.4. The second-order valence-corrected chi connectivity index (χ2v) is 14.6. The summed E-state index contributed by atoms with van der Waals surface area (Å²) in [5.74, 6) is 0.774. The van der Waals surface area contributed by atoms with Crippen LogP contribution in [-0.2, 0) is 25.3 Å². The molecule has 2 N–H and O–H groups in total. The Morgan fingerprint density at radius 3 is 2.55 bits per heavy atom. The number of likely N-dealkylation sites (tertiary alicyclic amines) is 1. The van der Waals surface area contributed by atoms with E-state index in [4.69, 9.17) is 21.3 Å². The number of aliphatic hydroxyl groups excluding tert-OH is 1. The topological polar surface area (TPSA) is 135 Å². The molecule has 0 radical (unpaired) electrons. The van der Waals surface area contributed by atoms with Crippen molar-refractivity contribution in [1.29, 1.82) is 0 Å². The van der Waals surface area contributed by atoms with Gasteiger partial charge in [-0.15, -0.1) is 0 Å². The van der Waals surface area contributed by atoms with Crippen LogP contribution >= 0.6 is 11.6 Å². The zero-order chi connectivity index (χ0) is 39.1. The van der Waals surface area contributed by atoms with Crippen molar-refractivity contribution in [3.8, 4) is 28.3 Å². The Bertz CT molecular complexity index is 2420. The number of carbonyl (C=O) groups is 1. The number of halogens is 3. The molecule has 288 valence electrons. The summed E-state index contributed by atoms with van der Waals surface area (Å²) in [4.78, 5) is 50.6. The number of ether oxygens (including phenoxy) is 1. The first kappa shape index (κ1) is 38.1. The Kier molecular flexibility index (Phi) is 10.8. The Balaban J connectivity index is 1.21. The first-order valence-electron chi connectivity index (χ1n) is 18.1. The van der Waals surface area contributed by atoms with E-state index in [1.54, 1.807) is 24.1 Å². The van der Waals surface area contributed by atoms with Gasteiger partial charge >= 0.3 is 5.69 Å². The fourth-order valence-corrected chi connectivity index (χ4v) is 8.45. The van der Waals surface area contributed by atoms with Crippen LogP contribution in [0.3, 0.4) is 0 Å². The molecule has 15 heteroatoms. The molecular weight excluding hydrogens is 732 g/mol. The number of aliphatic hydroxyl groups is 1. The van der Waals surface area contributed by atoms with Crippen LogP contribution in [0.15, 0.2) is 58.1 Å². The second kappa shape index (κ2) is 15.5. The maximum Gasteiger partial charge on any atom is 0.330 e. The van der Waals surface area contributed by atoms with Crippen LogP contribution in [0.2, 0.25) is 5.02 Å². The lowest BCUT2D eigenvalue weighted by molar-refractivity contribution is -0.119. The van der Waals surface area contributed by atoms with Crippen LogP contribution in [0.5, 0.6) is 5.88 Å². The molecule has 2 atom stereocenters. The highest BCUT2D eigenvalue weighted by Gasteiger charge is 2.37. The predicted octanol–water partition coefficient (Wildman–Crippen LogP) is 5.77. The molecule has 1 aliphatic heterocycles. The van der Waals surface area contributed by atoms with Gasteiger partial charge in [-0.1, -0.05) is 41.9 Å². The number of rotatable bonds is 12. The summed E-state index contributed by atoms with van der Waals surface area (Å²) in [6.07, 6.45) is 0.585. The quantitative estimate of drug-likeness (QED) is 0.152. The van der Waals surface area contributed by atoms with Crippen molar-refractivity contribution in [2.75, 3.05) is 45.2 Å². The predicted molar refractivity (Wildman–Crippen MR) is 207 cm³/mol. The van der Waals surface area contributed by atoms with Crippen molar-refractivity contribution in [3.05, 3.63) is 96.8 Å². The highest BCUT2D eigenvalue weighted by Crippen LogP contribution is 2.46. The van der Waals surface area contributed by atoms with E-state index in [1.165, 1.54) is 14.1 Å². The number of methoxy groups -OCH3 is 1. The number of carbonyl (C=O) groups excluding carboxylic acids is 1. The lowest BCUT2D eigenvalue weighted by Crippen LogP contribution is -2.37. The molecule has 2 aromatic carbocycles. The fraction of sp³-hybridized carbons (Fsp3) is 0.375. The van der Waals surface area contributed by atoms with Crippen LogP contribution in [0.1, 0.15) is 47.7 Å². The van der Waals surface area contributed by atoms with Gasteiger partial charge < -0.3 is 20.1 Å². The summed E-state index contributed by atoms with van der Waals surface area (Å²) in [5.41, 5.74) is 4.46. The average Bonchev–Trinajstić information content (AvgIpc) is 3.83. The van der Waals surface area contributed by atoms with E-state index in [0.29, 0.717) is 52.4 Å². The minimum absolute atomic E-state index is 0.00448. The first-order valence-corrected chi connectivity index (χ1v) is 18.5. The van der Waals surface area contributed by atoms with Gasteiger partial charge in [0.25, 0.3) is 12.0 Å². The van der Waals surface area contributed by atoms with E-state index in [2.05, 4.69) is 21.3 Å². The summed E-state index contributed by atoms with van der Waals surface area (Å²) in [7, 11) is 4.37. The number of benzene rings is 2. The molecule has 55 heavy (non-hydrogen) atoms. The number of anilines is 2. The normalized spacial score (nSPS) is 16.9. The molecule has 12 nitrogen and oxygen atoms in total. The second-order valence-electron chi connectivity index (χ2n) is 14.2. The molecule has 0 spiro atoms. The van der Waals surface area contributed by atoms with Gasteiger partial charge in [0.2, 0.25) is 12.3 Å². The monoisotopic (exact) mass is 773 g/mol. The van der Waals surface area contributed by atoms with Gasteiger partial charge in [0.1, 0.15) is 16.9 Å². The largest absolute Gasteiger partial charge is 0.481 e. The van der Waals surface area contributed by atoms with Crippen LogP contribution in [0, 0.1) is 12.8 Å². The standard InChI is InChI=1S/C40H42ClF2N7O5/c1-22-25(7-6-10-28(22)44-37-34-32(18-30(45-37)36(42)43)47(2)40(54)48(3)39(34)53)26-8-5-9-27(35(26)41)29-17-24-11-12-31(33(24)38(46-29)55-4)50-14-13-23(20-50)19-49(21-52)15-16-51/h5-10,17-18,21,23,31,36,51H,11-16,19-20H2,1-4H3,(H,44,45)/t23?,31-/m0/s1. The smallest absolute Gasteiger partial charge is 0.330 e. The molecule has 1 aliphatic carbocycles. The maximum absolute atomic E-state index is 14.0. The van der Waals surface area contributed by atoms with E-state index < -0.39 is 23.4 Å². The number of nitrogens with zero attached hydrogens (tertiary/aromatic N) is 6. The van der Waals surface area contributed by atoms with Gasteiger partial charge in [0.05, 0.1) is 29.9 Å². The van der Waals surface area contributed by atoms with Crippen LogP contribution in [0.25, 0.3) is 33.3 Å². The number of hydrogen-bond acceptors (Lipinski definition) is 9. The van der Waals surface area contributed by atoms with Crippen molar-refractivity contribution < 1.29 is 23.4 Å². The number of aromatic nitrogens is 4. The number of fused-ring (bicyclic) bond motifs is 2. The molecule has 1 fully saturated rings. The summed E-state index contributed by atoms with van der Waals surface area (Å²) in [5, 5.41) is 12.9. The Morgan fingerprint density at radius 2 is 1.82 bits per heavy atom. The number of pyridine rings is 2. The zero-order valence-electron chi connectivity index (χ0n) is 31.0. The van der Waals surface area contributed by atoms with Crippen LogP contribution in [-0.4, -0.2) is 80.3 Å². The number of aryl methyl sites for hydroxylation is 2. The Hall–Kier alpha value is -5.18. The molecule has 1 amide bonds. The van der Waals surface area contributed by atoms with Gasteiger partial charge in [-0.05, 0) is 73.5 Å². The summed E-state index contributed by atoms with van der Waals surface area (Å²) in [6.45, 7) is 4.48. The SMILES string of the molecule is COc1nc(-c2cccc(-c3cccc(Nc4nc(C(F)F)cc5c4c(=O)n(C)c(=O)n5C)c3C)c2Cl)cc2c1[C@@H](N1CCC(CN(C=O)CCO)C1)CC2. The molecule has 0 saturated carbocycles. The van der Waals surface area contributed by atoms with Gasteiger partial charge in [0, 0.05) is 62.1 Å². The molecule has 0 bridgehead atoms. The van der Waals surface area contributed by atoms with Crippen molar-refractivity contribution in [2.24, 2.45) is 20.0 Å². The molecular formula is C40H42ClF2N7O5. The highest BCUT2D eigenvalue weighted by molar-refractivity contribution is 6.36. The van der Waals surface area contributed by atoms with Gasteiger partial charge in [-0.25, -0.2) is 23.5 Å². The van der Waals surface area contributed by atoms with Crippen LogP contribution in [0.4, 0.5) is 20.3 Å². The lowest BCUT2D eigenvalue weighted by Gasteiger charge is -2.27. The fourth-order valence-electron chi connectivity index (χ4n) is 8.12. The third kappa shape index (κ3) is 6.98. The first-order chi connectivity index (χ1) is 26.4. The number of nitrogens with one attached hydrogen (secondary N) is 1. The van der Waals surface area contributed by atoms with E-state index in [-0.39, 0.29) is 29.4 Å². The summed E-state index contributed by atoms with van der Waals surface area (Å²) >= 11 is 7.21. The zero-order valence-corrected chi connectivity index (χ0v) is 31.7. The Morgan fingerprint density at radius 1 is 1.07 bits per heavy atom. The minimum Gasteiger partial charge on any atom is -0.481 e. The average molecular weight is 774 g/mol. The van der Waals surface area contributed by atoms with E-state index in [1.807, 2.05) is 31.2 Å². The lowest BCUT2D eigenvalue weighted by atomic mass is 9.96. The molecule has 4 heterocycles. The van der Waals surface area contributed by atoms with E-state index in [9.17, 15) is 28.3 Å². The minimum atomic E-state index is -2.94. The summed E-state index contributed by atoms with van der Waals surface area (Å²) < 4.78 is 36.0. The maximum atomic E-state index is 14.0. The molecule has 2 aliphatic rings. The number of amides is 1. The molecule has 7 rings (SSSR count).